The van der Waals surface area contributed by atoms with Gasteiger partial charge in [-0.3, -0.25) is 4.90 Å². The molecule has 1 saturated carbocycles. The Bertz CT molecular complexity index is 194. The number of hydrogen-bond acceptors (Lipinski definition) is 1. The van der Waals surface area contributed by atoms with Crippen molar-refractivity contribution >= 4 is 0 Å². The molecule has 2 aliphatic rings. The summed E-state index contributed by atoms with van der Waals surface area (Å²) < 4.78 is 0. The normalized spacial score (nSPS) is 34.9. The Balaban J connectivity index is 1.96. The zero-order valence-electron chi connectivity index (χ0n) is 11.3. The van der Waals surface area contributed by atoms with Gasteiger partial charge in [-0.05, 0) is 39.0 Å². The van der Waals surface area contributed by atoms with E-state index >= 15 is 0 Å². The van der Waals surface area contributed by atoms with E-state index in [2.05, 4.69) is 18.7 Å². The van der Waals surface area contributed by atoms with Crippen LogP contribution in [0.5, 0.6) is 0 Å². The van der Waals surface area contributed by atoms with E-state index in [1.807, 2.05) is 0 Å². The minimum atomic E-state index is 0.856. The van der Waals surface area contributed by atoms with Gasteiger partial charge in [-0.25, -0.2) is 0 Å². The molecule has 0 N–H and O–H groups in total. The van der Waals surface area contributed by atoms with Crippen molar-refractivity contribution in [1.29, 1.82) is 0 Å². The molecule has 1 unspecified atom stereocenters. The summed E-state index contributed by atoms with van der Waals surface area (Å²) in [6, 6.07) is 2.68. The standard InChI is InChI=1S/C15H29N/c1-3-14-12-11-13(2)16(14)15-9-7-5-4-6-8-10-15/h13-15H,3-12H2,1-2H3/t13?,14-/m1/s1. The van der Waals surface area contributed by atoms with Crippen LogP contribution in [0.3, 0.4) is 0 Å². The Morgan fingerprint density at radius 3 is 2.12 bits per heavy atom. The molecule has 0 spiro atoms. The second-order valence-electron chi connectivity index (χ2n) is 5.93. The van der Waals surface area contributed by atoms with Gasteiger partial charge in [0.15, 0.2) is 0 Å². The molecule has 1 heterocycles. The Hall–Kier alpha value is -0.0400. The molecule has 0 aromatic rings. The summed E-state index contributed by atoms with van der Waals surface area (Å²) in [5.74, 6) is 0. The monoisotopic (exact) mass is 223 g/mol. The van der Waals surface area contributed by atoms with Gasteiger partial charge in [-0.1, -0.05) is 39.0 Å². The number of nitrogens with zero attached hydrogens (tertiary/aromatic N) is 1. The molecule has 0 aromatic heterocycles. The predicted molar refractivity (Wildman–Crippen MR) is 70.7 cm³/mol. The molecule has 94 valence electrons. The summed E-state index contributed by atoms with van der Waals surface area (Å²) in [6.07, 6.45) is 14.6. The third kappa shape index (κ3) is 2.80. The molecule has 16 heavy (non-hydrogen) atoms. The van der Waals surface area contributed by atoms with Crippen LogP contribution in [0.15, 0.2) is 0 Å². The van der Waals surface area contributed by atoms with Crippen LogP contribution in [0.2, 0.25) is 0 Å². The SMILES string of the molecule is CC[C@@H]1CCC(C)N1C1CCCCCCC1. The van der Waals surface area contributed by atoms with Crippen molar-refractivity contribution in [2.45, 2.75) is 96.2 Å². The van der Waals surface area contributed by atoms with Gasteiger partial charge in [-0.15, -0.1) is 0 Å². The largest absolute Gasteiger partial charge is 0.295 e. The summed E-state index contributed by atoms with van der Waals surface area (Å²) >= 11 is 0. The maximum absolute atomic E-state index is 2.89. The molecule has 1 saturated heterocycles. The maximum atomic E-state index is 2.89. The molecular formula is C15H29N. The van der Waals surface area contributed by atoms with E-state index in [9.17, 15) is 0 Å². The Morgan fingerprint density at radius 2 is 1.50 bits per heavy atom. The minimum Gasteiger partial charge on any atom is -0.295 e. The zero-order chi connectivity index (χ0) is 11.4. The van der Waals surface area contributed by atoms with Crippen molar-refractivity contribution in [1.82, 2.24) is 4.90 Å². The summed E-state index contributed by atoms with van der Waals surface area (Å²) in [6.45, 7) is 4.83. The molecule has 0 aromatic carbocycles. The molecular weight excluding hydrogens is 194 g/mol. The van der Waals surface area contributed by atoms with Crippen molar-refractivity contribution in [3.8, 4) is 0 Å². The van der Waals surface area contributed by atoms with Crippen LogP contribution in [0.4, 0.5) is 0 Å². The summed E-state index contributed by atoms with van der Waals surface area (Å²) in [4.78, 5) is 2.89. The first kappa shape index (κ1) is 12.4. The molecule has 1 aliphatic heterocycles. The van der Waals surface area contributed by atoms with Crippen molar-refractivity contribution in [2.75, 3.05) is 0 Å². The lowest BCUT2D eigenvalue weighted by molar-refractivity contribution is 0.111. The molecule has 1 heteroatoms. The average molecular weight is 223 g/mol. The zero-order valence-corrected chi connectivity index (χ0v) is 11.3. The van der Waals surface area contributed by atoms with Gasteiger partial charge >= 0.3 is 0 Å². The van der Waals surface area contributed by atoms with E-state index in [0.29, 0.717) is 0 Å². The quantitative estimate of drug-likeness (QED) is 0.672. The fraction of sp³-hybridized carbons (Fsp3) is 1.00. The Labute approximate surface area is 102 Å². The first-order valence-corrected chi connectivity index (χ1v) is 7.60. The predicted octanol–water partition coefficient (Wildman–Crippen LogP) is 4.36. The number of hydrogen-bond donors (Lipinski definition) is 0. The number of likely N-dealkylation sites (tertiary alicyclic amines) is 1. The number of rotatable bonds is 2. The van der Waals surface area contributed by atoms with E-state index in [-0.39, 0.29) is 0 Å². The lowest BCUT2D eigenvalue weighted by Crippen LogP contribution is -2.43. The van der Waals surface area contributed by atoms with E-state index in [1.54, 1.807) is 0 Å². The van der Waals surface area contributed by atoms with Gasteiger partial charge in [0.1, 0.15) is 0 Å². The topological polar surface area (TPSA) is 3.24 Å². The lowest BCUT2D eigenvalue weighted by atomic mass is 9.94. The van der Waals surface area contributed by atoms with E-state index < -0.39 is 0 Å². The Morgan fingerprint density at radius 1 is 0.875 bits per heavy atom. The third-order valence-electron chi connectivity index (χ3n) is 4.82. The van der Waals surface area contributed by atoms with Crippen molar-refractivity contribution in [3.05, 3.63) is 0 Å². The fourth-order valence-corrected chi connectivity index (χ4v) is 3.90. The van der Waals surface area contributed by atoms with E-state index in [4.69, 9.17) is 0 Å². The average Bonchev–Trinajstić information content (AvgIpc) is 2.60. The highest BCUT2D eigenvalue weighted by Crippen LogP contribution is 2.33. The summed E-state index contributed by atoms with van der Waals surface area (Å²) in [5, 5.41) is 0. The first-order chi connectivity index (χ1) is 7.83. The highest BCUT2D eigenvalue weighted by Gasteiger charge is 2.34. The van der Waals surface area contributed by atoms with Crippen LogP contribution in [-0.4, -0.2) is 23.0 Å². The molecule has 2 rings (SSSR count). The van der Waals surface area contributed by atoms with Gasteiger partial charge in [-0.2, -0.15) is 0 Å². The van der Waals surface area contributed by atoms with Crippen LogP contribution in [0, 0.1) is 0 Å². The van der Waals surface area contributed by atoms with Crippen molar-refractivity contribution in [2.24, 2.45) is 0 Å². The highest BCUT2D eigenvalue weighted by molar-refractivity contribution is 4.89. The summed E-state index contributed by atoms with van der Waals surface area (Å²) in [7, 11) is 0. The molecule has 0 radical (unpaired) electrons. The van der Waals surface area contributed by atoms with Crippen molar-refractivity contribution in [3.63, 3.8) is 0 Å². The van der Waals surface area contributed by atoms with E-state index in [1.165, 1.54) is 64.2 Å². The van der Waals surface area contributed by atoms with Gasteiger partial charge < -0.3 is 0 Å². The molecule has 0 bridgehead atoms. The van der Waals surface area contributed by atoms with Crippen LogP contribution in [0.1, 0.15) is 78.1 Å². The fourth-order valence-electron chi connectivity index (χ4n) is 3.90. The molecule has 1 nitrogen and oxygen atoms in total. The smallest absolute Gasteiger partial charge is 0.0101 e. The van der Waals surface area contributed by atoms with Gasteiger partial charge in [0.2, 0.25) is 0 Å². The van der Waals surface area contributed by atoms with Gasteiger partial charge in [0.25, 0.3) is 0 Å². The third-order valence-corrected chi connectivity index (χ3v) is 4.82. The van der Waals surface area contributed by atoms with Crippen LogP contribution < -0.4 is 0 Å². The Kier molecular flexibility index (Phi) is 4.69. The van der Waals surface area contributed by atoms with Crippen LogP contribution in [-0.2, 0) is 0 Å². The molecule has 2 fully saturated rings. The second-order valence-corrected chi connectivity index (χ2v) is 5.93. The maximum Gasteiger partial charge on any atom is 0.0101 e. The van der Waals surface area contributed by atoms with Crippen LogP contribution >= 0.6 is 0 Å². The molecule has 0 amide bonds. The van der Waals surface area contributed by atoms with Crippen molar-refractivity contribution < 1.29 is 0 Å². The molecule has 1 aliphatic carbocycles. The first-order valence-electron chi connectivity index (χ1n) is 7.60. The lowest BCUT2D eigenvalue weighted by Gasteiger charge is -2.37. The minimum absolute atomic E-state index is 0.856. The van der Waals surface area contributed by atoms with Gasteiger partial charge in [0, 0.05) is 18.1 Å². The second kappa shape index (κ2) is 6.05. The molecule has 2 atom stereocenters. The summed E-state index contributed by atoms with van der Waals surface area (Å²) in [5.41, 5.74) is 0. The van der Waals surface area contributed by atoms with Crippen LogP contribution in [0.25, 0.3) is 0 Å². The van der Waals surface area contributed by atoms with Gasteiger partial charge in [0.05, 0.1) is 0 Å². The highest BCUT2D eigenvalue weighted by atomic mass is 15.2. The van der Waals surface area contributed by atoms with E-state index in [0.717, 1.165) is 18.1 Å².